The molecular weight excluding hydrogens is 671 g/mol. The second-order valence-corrected chi connectivity index (χ2v) is 20.3. The molecule has 0 fully saturated rings. The van der Waals surface area contributed by atoms with Crippen molar-refractivity contribution in [2.24, 2.45) is 5.92 Å². The number of esters is 3. The Labute approximate surface area is 299 Å². The lowest BCUT2D eigenvalue weighted by Crippen LogP contribution is -2.49. The van der Waals surface area contributed by atoms with Gasteiger partial charge in [-0.1, -0.05) is 40.8 Å². The van der Waals surface area contributed by atoms with Crippen molar-refractivity contribution in [3.63, 3.8) is 0 Å². The highest BCUT2D eigenvalue weighted by Crippen LogP contribution is 2.42. The first-order valence-electron chi connectivity index (χ1n) is 17.6. The van der Waals surface area contributed by atoms with Crippen LogP contribution in [-0.4, -0.2) is 53.8 Å². The van der Waals surface area contributed by atoms with E-state index in [1.807, 2.05) is 12.1 Å². The SMILES string of the molecule is CC[C@@]1(OC(=O)CCCNC(=O)OC(C)(C)C)C(=O)OCc2c1cc1n(c2=O)Cc2c-1nc1ccc(OC(C)=O)cc1c2[Si](C)(C)C(C)C(C)C. The Hall–Kier alpha value is -4.52. The molecule has 2 aliphatic heterocycles. The minimum atomic E-state index is -2.30. The molecule has 12 nitrogen and oxygen atoms in total. The number of hydrogen-bond donors (Lipinski definition) is 1. The van der Waals surface area contributed by atoms with Crippen molar-refractivity contribution in [2.45, 2.75) is 118 Å². The van der Waals surface area contributed by atoms with Crippen LogP contribution in [0.5, 0.6) is 5.75 Å². The van der Waals surface area contributed by atoms with E-state index in [2.05, 4.69) is 39.2 Å². The Morgan fingerprint density at radius 3 is 2.43 bits per heavy atom. The van der Waals surface area contributed by atoms with Crippen molar-refractivity contribution in [2.75, 3.05) is 6.54 Å². The van der Waals surface area contributed by atoms with Crippen LogP contribution in [0, 0.1) is 5.92 Å². The number of fused-ring (bicyclic) bond motifs is 5. The Morgan fingerprint density at radius 2 is 1.80 bits per heavy atom. The summed E-state index contributed by atoms with van der Waals surface area (Å²) in [5.74, 6) is -1.02. The molecule has 0 bridgehead atoms. The fraction of sp³-hybridized carbons (Fsp3) is 0.526. The molecule has 2 aromatic heterocycles. The number of rotatable bonds is 10. The van der Waals surface area contributed by atoms with Crippen molar-refractivity contribution in [3.05, 3.63) is 51.3 Å². The summed E-state index contributed by atoms with van der Waals surface area (Å²) < 4.78 is 23.9. The summed E-state index contributed by atoms with van der Waals surface area (Å²) in [6, 6.07) is 7.17. The van der Waals surface area contributed by atoms with E-state index in [1.54, 1.807) is 44.4 Å². The maximum Gasteiger partial charge on any atom is 0.407 e. The Kier molecular flexibility index (Phi) is 10.3. The van der Waals surface area contributed by atoms with Gasteiger partial charge in [0.25, 0.3) is 5.56 Å². The van der Waals surface area contributed by atoms with Crippen molar-refractivity contribution >= 4 is 48.2 Å². The molecule has 0 spiro atoms. The molecule has 0 saturated carbocycles. The first kappa shape index (κ1) is 37.7. The van der Waals surface area contributed by atoms with Crippen LogP contribution in [0.3, 0.4) is 0 Å². The summed E-state index contributed by atoms with van der Waals surface area (Å²) in [7, 11) is -2.30. The number of amides is 1. The van der Waals surface area contributed by atoms with Gasteiger partial charge >= 0.3 is 24.0 Å². The molecule has 274 valence electrons. The van der Waals surface area contributed by atoms with Gasteiger partial charge in [-0.3, -0.25) is 14.4 Å². The molecule has 13 heteroatoms. The smallest absolute Gasteiger partial charge is 0.407 e. The highest BCUT2D eigenvalue weighted by molar-refractivity contribution is 6.93. The van der Waals surface area contributed by atoms with E-state index in [1.165, 1.54) is 6.92 Å². The molecule has 51 heavy (non-hydrogen) atoms. The molecule has 1 unspecified atom stereocenters. The summed E-state index contributed by atoms with van der Waals surface area (Å²) in [6.07, 6.45) is -0.405. The Bertz CT molecular complexity index is 1980. The minimum Gasteiger partial charge on any atom is -0.457 e. The van der Waals surface area contributed by atoms with Crippen LogP contribution < -0.4 is 20.8 Å². The van der Waals surface area contributed by atoms with Crippen molar-refractivity contribution in [3.8, 4) is 17.1 Å². The van der Waals surface area contributed by atoms with Gasteiger partial charge in [0, 0.05) is 30.8 Å². The molecule has 0 saturated heterocycles. The highest BCUT2D eigenvalue weighted by atomic mass is 28.3. The molecular formula is C38H49N3O9Si. The standard InChI is InChI=1S/C38H49N3O9Si/c1-11-38(49-31(43)13-12-16-39-36(46)50-37(6,7)8)28-18-30-32-26(19-41(30)34(44)27(28)20-47-35(38)45)33(51(9,10)22(4)21(2)3)25-17-24(48-23(5)42)14-15-29(25)40-32/h14-15,17-18,21-22H,11-13,16,19-20H2,1-10H3,(H,39,46)/t22?,38-/m0/s1. The molecule has 1 aromatic carbocycles. The zero-order valence-electron chi connectivity index (χ0n) is 31.3. The van der Waals surface area contributed by atoms with Gasteiger partial charge in [0.15, 0.2) is 0 Å². The lowest BCUT2D eigenvalue weighted by Gasteiger charge is -2.35. The molecule has 2 atom stereocenters. The summed E-state index contributed by atoms with van der Waals surface area (Å²) in [5, 5.41) is 4.64. The van der Waals surface area contributed by atoms with E-state index in [0.717, 1.165) is 16.1 Å². The number of ether oxygens (including phenoxy) is 4. The molecule has 1 N–H and O–H groups in total. The number of aromatic nitrogens is 2. The summed E-state index contributed by atoms with van der Waals surface area (Å²) in [5.41, 5.74) is 0.858. The van der Waals surface area contributed by atoms with Crippen LogP contribution in [-0.2, 0) is 47.3 Å². The summed E-state index contributed by atoms with van der Waals surface area (Å²) >= 11 is 0. The fourth-order valence-corrected chi connectivity index (χ4v) is 11.2. The van der Waals surface area contributed by atoms with Gasteiger partial charge in [0.1, 0.15) is 18.0 Å². The van der Waals surface area contributed by atoms with Crippen molar-refractivity contribution in [1.82, 2.24) is 14.9 Å². The van der Waals surface area contributed by atoms with Crippen molar-refractivity contribution < 1.29 is 38.1 Å². The van der Waals surface area contributed by atoms with E-state index in [9.17, 15) is 24.0 Å². The highest BCUT2D eigenvalue weighted by Gasteiger charge is 2.51. The van der Waals surface area contributed by atoms with Crippen LogP contribution in [0.4, 0.5) is 4.79 Å². The van der Waals surface area contributed by atoms with Gasteiger partial charge < -0.3 is 28.8 Å². The van der Waals surface area contributed by atoms with E-state index in [0.29, 0.717) is 39.7 Å². The first-order valence-corrected chi connectivity index (χ1v) is 20.7. The zero-order chi connectivity index (χ0) is 37.6. The van der Waals surface area contributed by atoms with E-state index in [4.69, 9.17) is 23.9 Å². The zero-order valence-corrected chi connectivity index (χ0v) is 32.3. The molecule has 2 aliphatic rings. The molecule has 0 aliphatic carbocycles. The third kappa shape index (κ3) is 7.17. The van der Waals surface area contributed by atoms with E-state index in [-0.39, 0.29) is 50.1 Å². The summed E-state index contributed by atoms with van der Waals surface area (Å²) in [6.45, 7) is 19.8. The van der Waals surface area contributed by atoms with Crippen LogP contribution in [0.15, 0.2) is 29.1 Å². The second kappa shape index (κ2) is 13.9. The molecule has 1 amide bonds. The predicted octanol–water partition coefficient (Wildman–Crippen LogP) is 5.82. The molecule has 0 radical (unpaired) electrons. The second-order valence-electron chi connectivity index (χ2n) is 15.4. The van der Waals surface area contributed by atoms with Crippen LogP contribution >= 0.6 is 0 Å². The van der Waals surface area contributed by atoms with Gasteiger partial charge in [-0.15, -0.1) is 0 Å². The number of nitrogens with one attached hydrogen (secondary N) is 1. The number of benzene rings is 1. The van der Waals surface area contributed by atoms with Gasteiger partial charge in [-0.25, -0.2) is 14.6 Å². The number of carbonyl (C=O) groups is 4. The van der Waals surface area contributed by atoms with Gasteiger partial charge in [-0.05, 0) is 80.1 Å². The maximum atomic E-state index is 14.3. The topological polar surface area (TPSA) is 152 Å². The van der Waals surface area contributed by atoms with Gasteiger partial charge in [0.2, 0.25) is 5.60 Å². The monoisotopic (exact) mass is 719 g/mol. The first-order chi connectivity index (χ1) is 23.8. The third-order valence-corrected chi connectivity index (χ3v) is 15.0. The maximum absolute atomic E-state index is 14.3. The lowest BCUT2D eigenvalue weighted by atomic mass is 9.85. The van der Waals surface area contributed by atoms with E-state index < -0.39 is 43.3 Å². The minimum absolute atomic E-state index is 0.0393. The number of cyclic esters (lactones) is 1. The number of pyridine rings is 2. The Balaban J connectivity index is 1.58. The van der Waals surface area contributed by atoms with Gasteiger partial charge in [0.05, 0.1) is 37.1 Å². The predicted molar refractivity (Wildman–Crippen MR) is 195 cm³/mol. The van der Waals surface area contributed by atoms with Crippen LogP contribution in [0.25, 0.3) is 22.3 Å². The average molecular weight is 720 g/mol. The fourth-order valence-electron chi connectivity index (χ4n) is 7.22. The number of carbonyl (C=O) groups excluding carboxylic acids is 4. The third-order valence-electron chi connectivity index (χ3n) is 10.2. The molecule has 5 rings (SSSR count). The summed E-state index contributed by atoms with van der Waals surface area (Å²) in [4.78, 5) is 70.1. The molecule has 4 heterocycles. The van der Waals surface area contributed by atoms with Crippen LogP contribution in [0.1, 0.15) is 91.3 Å². The normalized spacial score (nSPS) is 17.3. The average Bonchev–Trinajstić information content (AvgIpc) is 3.39. The lowest BCUT2D eigenvalue weighted by molar-refractivity contribution is -0.189. The quantitative estimate of drug-likeness (QED) is 0.0698. The number of nitrogens with zero attached hydrogens (tertiary/aromatic N) is 2. The van der Waals surface area contributed by atoms with Crippen molar-refractivity contribution in [1.29, 1.82) is 0 Å². The van der Waals surface area contributed by atoms with Crippen LogP contribution in [0.2, 0.25) is 18.6 Å². The van der Waals surface area contributed by atoms with E-state index >= 15 is 0 Å². The Morgan fingerprint density at radius 1 is 1.10 bits per heavy atom. The van der Waals surface area contributed by atoms with Gasteiger partial charge in [-0.2, -0.15) is 0 Å². The largest absolute Gasteiger partial charge is 0.457 e. The number of hydrogen-bond acceptors (Lipinski definition) is 10. The number of alkyl carbamates (subject to hydrolysis) is 1. The molecule has 3 aromatic rings.